The first-order valence-electron chi connectivity index (χ1n) is 6.35. The molecule has 3 nitrogen and oxygen atoms in total. The summed E-state index contributed by atoms with van der Waals surface area (Å²) in [6, 6.07) is 5.90. The number of hydrogen-bond donors (Lipinski definition) is 2. The summed E-state index contributed by atoms with van der Waals surface area (Å²) in [7, 11) is 1.87. The molecule has 2 N–H and O–H groups in total. The van der Waals surface area contributed by atoms with Gasteiger partial charge in [0.25, 0.3) is 5.91 Å². The minimum Gasteiger partial charge on any atom is -0.388 e. The predicted octanol–water partition coefficient (Wildman–Crippen LogP) is 3.20. The number of benzene rings is 1. The molecule has 3 heteroatoms. The molecule has 0 aliphatic carbocycles. The lowest BCUT2D eigenvalue weighted by molar-refractivity contribution is 0.0909. The Morgan fingerprint density at radius 1 is 1.28 bits per heavy atom. The Labute approximate surface area is 110 Å². The maximum absolute atomic E-state index is 12.2. The maximum Gasteiger partial charge on any atom is 0.251 e. The number of anilines is 1. The molecule has 0 aliphatic rings. The van der Waals surface area contributed by atoms with Gasteiger partial charge in [0.15, 0.2) is 0 Å². The van der Waals surface area contributed by atoms with Gasteiger partial charge in [-0.1, -0.05) is 20.8 Å². The summed E-state index contributed by atoms with van der Waals surface area (Å²) < 4.78 is 0. The second kappa shape index (κ2) is 5.42. The van der Waals surface area contributed by atoms with Gasteiger partial charge in [0.1, 0.15) is 0 Å². The average Bonchev–Trinajstić information content (AvgIpc) is 2.27. The largest absolute Gasteiger partial charge is 0.388 e. The molecule has 0 aliphatic heterocycles. The molecule has 1 aromatic carbocycles. The molecule has 0 fully saturated rings. The number of amides is 1. The number of carbonyl (C=O) groups excluding carboxylic acids is 1. The molecule has 1 amide bonds. The van der Waals surface area contributed by atoms with Crippen molar-refractivity contribution >= 4 is 11.6 Å². The van der Waals surface area contributed by atoms with Crippen molar-refractivity contribution in [1.29, 1.82) is 0 Å². The Hall–Kier alpha value is -1.51. The van der Waals surface area contributed by atoms with E-state index in [0.717, 1.165) is 16.8 Å². The summed E-state index contributed by atoms with van der Waals surface area (Å²) in [5, 5.41) is 6.12. The van der Waals surface area contributed by atoms with Crippen LogP contribution in [0.4, 0.5) is 5.69 Å². The number of aryl methyl sites for hydroxylation is 1. The van der Waals surface area contributed by atoms with Gasteiger partial charge in [0, 0.05) is 24.3 Å². The Morgan fingerprint density at radius 3 is 2.33 bits per heavy atom. The van der Waals surface area contributed by atoms with Crippen molar-refractivity contribution in [2.75, 3.05) is 12.4 Å². The van der Waals surface area contributed by atoms with Crippen LogP contribution < -0.4 is 10.6 Å². The van der Waals surface area contributed by atoms with E-state index >= 15 is 0 Å². The van der Waals surface area contributed by atoms with Crippen LogP contribution in [0.15, 0.2) is 18.2 Å². The van der Waals surface area contributed by atoms with Crippen LogP contribution in [-0.2, 0) is 0 Å². The predicted molar refractivity (Wildman–Crippen MR) is 77.1 cm³/mol. The highest BCUT2D eigenvalue weighted by atomic mass is 16.1. The van der Waals surface area contributed by atoms with Crippen LogP contribution in [0.2, 0.25) is 0 Å². The minimum absolute atomic E-state index is 0.00224. The van der Waals surface area contributed by atoms with Gasteiger partial charge in [-0.3, -0.25) is 4.79 Å². The third kappa shape index (κ3) is 3.49. The highest BCUT2D eigenvalue weighted by Crippen LogP contribution is 2.20. The lowest BCUT2D eigenvalue weighted by Gasteiger charge is -2.28. The fourth-order valence-corrected chi connectivity index (χ4v) is 1.56. The molecule has 0 radical (unpaired) electrons. The van der Waals surface area contributed by atoms with Gasteiger partial charge >= 0.3 is 0 Å². The van der Waals surface area contributed by atoms with Gasteiger partial charge in [-0.2, -0.15) is 0 Å². The molecule has 18 heavy (non-hydrogen) atoms. The minimum atomic E-state index is -0.00224. The van der Waals surface area contributed by atoms with Crippen molar-refractivity contribution in [3.05, 3.63) is 29.3 Å². The summed E-state index contributed by atoms with van der Waals surface area (Å²) in [6.07, 6.45) is 0. The molecular formula is C15H24N2O. The molecule has 1 unspecified atom stereocenters. The monoisotopic (exact) mass is 248 g/mol. The van der Waals surface area contributed by atoms with Crippen molar-refractivity contribution in [2.24, 2.45) is 5.41 Å². The molecular weight excluding hydrogens is 224 g/mol. The smallest absolute Gasteiger partial charge is 0.251 e. The van der Waals surface area contributed by atoms with E-state index in [2.05, 4.69) is 31.4 Å². The number of rotatable bonds is 3. The molecule has 0 heterocycles. The zero-order chi connectivity index (χ0) is 13.9. The third-order valence-corrected chi connectivity index (χ3v) is 3.41. The van der Waals surface area contributed by atoms with E-state index < -0.39 is 0 Å². The lowest BCUT2D eigenvalue weighted by atomic mass is 9.88. The molecule has 0 saturated carbocycles. The first kappa shape index (κ1) is 14.6. The first-order chi connectivity index (χ1) is 8.25. The van der Waals surface area contributed by atoms with Crippen molar-refractivity contribution < 1.29 is 4.79 Å². The fraction of sp³-hybridized carbons (Fsp3) is 0.533. The van der Waals surface area contributed by atoms with Crippen LogP contribution >= 0.6 is 0 Å². The number of carbonyl (C=O) groups is 1. The second-order valence-electron chi connectivity index (χ2n) is 5.84. The number of nitrogens with one attached hydrogen (secondary N) is 2. The summed E-state index contributed by atoms with van der Waals surface area (Å²) >= 11 is 0. The van der Waals surface area contributed by atoms with Crippen LogP contribution in [0.5, 0.6) is 0 Å². The van der Waals surface area contributed by atoms with Gasteiger partial charge < -0.3 is 10.6 Å². The van der Waals surface area contributed by atoms with Crippen LogP contribution in [0.1, 0.15) is 43.6 Å². The highest BCUT2D eigenvalue weighted by Gasteiger charge is 2.22. The van der Waals surface area contributed by atoms with E-state index in [0.29, 0.717) is 0 Å². The van der Waals surface area contributed by atoms with Crippen LogP contribution in [-0.4, -0.2) is 19.0 Å². The van der Waals surface area contributed by atoms with Crippen molar-refractivity contribution in [3.8, 4) is 0 Å². The summed E-state index contributed by atoms with van der Waals surface area (Å²) in [5.74, 6) is -0.00224. The molecule has 100 valence electrons. The Bertz CT molecular complexity index is 433. The third-order valence-electron chi connectivity index (χ3n) is 3.41. The summed E-state index contributed by atoms with van der Waals surface area (Å²) in [6.45, 7) is 10.4. The van der Waals surface area contributed by atoms with E-state index in [1.807, 2.05) is 39.1 Å². The average molecular weight is 248 g/mol. The van der Waals surface area contributed by atoms with E-state index in [9.17, 15) is 4.79 Å². The Kier molecular flexibility index (Phi) is 4.38. The molecule has 0 aromatic heterocycles. The van der Waals surface area contributed by atoms with Gasteiger partial charge in [-0.25, -0.2) is 0 Å². The topological polar surface area (TPSA) is 41.1 Å². The zero-order valence-electron chi connectivity index (χ0n) is 12.2. The van der Waals surface area contributed by atoms with E-state index in [-0.39, 0.29) is 17.4 Å². The standard InChI is InChI=1S/C15H24N2O/c1-10-9-12(16-6)7-8-13(10)14(18)17-11(2)15(3,4)5/h7-9,11,16H,1-6H3,(H,17,18). The van der Waals surface area contributed by atoms with Crippen molar-refractivity contribution in [2.45, 2.75) is 40.7 Å². The van der Waals surface area contributed by atoms with Crippen LogP contribution in [0.3, 0.4) is 0 Å². The quantitative estimate of drug-likeness (QED) is 0.862. The van der Waals surface area contributed by atoms with Gasteiger partial charge in [-0.05, 0) is 43.0 Å². The lowest BCUT2D eigenvalue weighted by Crippen LogP contribution is -2.41. The number of hydrogen-bond acceptors (Lipinski definition) is 2. The SMILES string of the molecule is CNc1ccc(C(=O)NC(C)C(C)(C)C)c(C)c1. The highest BCUT2D eigenvalue weighted by molar-refractivity contribution is 5.96. The van der Waals surface area contributed by atoms with Crippen LogP contribution in [0, 0.1) is 12.3 Å². The molecule has 1 rings (SSSR count). The summed E-state index contributed by atoms with van der Waals surface area (Å²) in [5.41, 5.74) is 2.81. The second-order valence-corrected chi connectivity index (χ2v) is 5.84. The first-order valence-corrected chi connectivity index (χ1v) is 6.35. The van der Waals surface area contributed by atoms with Crippen molar-refractivity contribution in [1.82, 2.24) is 5.32 Å². The fourth-order valence-electron chi connectivity index (χ4n) is 1.56. The van der Waals surface area contributed by atoms with Crippen molar-refractivity contribution in [3.63, 3.8) is 0 Å². The van der Waals surface area contributed by atoms with Gasteiger partial charge in [0.05, 0.1) is 0 Å². The van der Waals surface area contributed by atoms with Gasteiger partial charge in [0.2, 0.25) is 0 Å². The maximum atomic E-state index is 12.2. The molecule has 1 aromatic rings. The Morgan fingerprint density at radius 2 is 1.89 bits per heavy atom. The van der Waals surface area contributed by atoms with E-state index in [1.54, 1.807) is 0 Å². The molecule has 0 saturated heterocycles. The molecule has 1 atom stereocenters. The zero-order valence-corrected chi connectivity index (χ0v) is 12.2. The Balaban J connectivity index is 2.85. The normalized spacial score (nSPS) is 13.0. The molecule has 0 bridgehead atoms. The van der Waals surface area contributed by atoms with E-state index in [1.165, 1.54) is 0 Å². The van der Waals surface area contributed by atoms with E-state index in [4.69, 9.17) is 0 Å². The molecule has 0 spiro atoms. The summed E-state index contributed by atoms with van der Waals surface area (Å²) in [4.78, 5) is 12.2. The van der Waals surface area contributed by atoms with Crippen LogP contribution in [0.25, 0.3) is 0 Å². The van der Waals surface area contributed by atoms with Gasteiger partial charge in [-0.15, -0.1) is 0 Å².